The second kappa shape index (κ2) is 17.8. The molecule has 2 amide bonds. The van der Waals surface area contributed by atoms with E-state index >= 15 is 0 Å². The molecule has 2 heterocycles. The van der Waals surface area contributed by atoms with Gasteiger partial charge in [-0.15, -0.1) is 13.2 Å². The quantitative estimate of drug-likeness (QED) is 0.109. The predicted octanol–water partition coefficient (Wildman–Crippen LogP) is 7.00. The van der Waals surface area contributed by atoms with Gasteiger partial charge in [0.25, 0.3) is 0 Å². The van der Waals surface area contributed by atoms with E-state index in [4.69, 9.17) is 4.74 Å². The minimum absolute atomic E-state index is 0.00997. The minimum Gasteiger partial charge on any atom is -0.393 e. The van der Waals surface area contributed by atoms with Crippen LogP contribution in [0.5, 0.6) is 0 Å². The fourth-order valence-electron chi connectivity index (χ4n) is 8.04. The molecule has 4 aliphatic rings. The van der Waals surface area contributed by atoms with Gasteiger partial charge >= 0.3 is 11.9 Å². The van der Waals surface area contributed by atoms with E-state index in [-0.39, 0.29) is 71.1 Å². The van der Waals surface area contributed by atoms with E-state index in [1.807, 2.05) is 6.08 Å². The van der Waals surface area contributed by atoms with E-state index in [0.717, 1.165) is 25.7 Å². The molecule has 0 spiro atoms. The summed E-state index contributed by atoms with van der Waals surface area (Å²) in [5.41, 5.74) is 4.50. The van der Waals surface area contributed by atoms with Crippen molar-refractivity contribution < 1.29 is 23.9 Å². The molecule has 10 atom stereocenters. The Morgan fingerprint density at radius 2 is 1.04 bits per heavy atom. The molecule has 0 aromatic heterocycles. The molecule has 0 radical (unpaired) electrons. The van der Waals surface area contributed by atoms with E-state index in [2.05, 4.69) is 84.7 Å². The summed E-state index contributed by atoms with van der Waals surface area (Å²) in [4.78, 5) is 49.5. The molecule has 2 saturated heterocycles. The van der Waals surface area contributed by atoms with Crippen LogP contribution in [0.4, 0.5) is 0 Å². The summed E-state index contributed by atoms with van der Waals surface area (Å²) in [6.07, 6.45) is 18.6. The Labute approximate surface area is 272 Å². The number of imide groups is 1. The third-order valence-electron chi connectivity index (χ3n) is 9.88. The van der Waals surface area contributed by atoms with E-state index < -0.39 is 0 Å². The lowest BCUT2D eigenvalue weighted by atomic mass is 9.88. The Morgan fingerprint density at radius 1 is 0.689 bits per heavy atom. The second-order valence-electron chi connectivity index (χ2n) is 14.5. The summed E-state index contributed by atoms with van der Waals surface area (Å²) >= 11 is 0. The maximum absolute atomic E-state index is 12.3. The smallest absolute Gasteiger partial charge is 0.318 e. The number of amides is 2. The summed E-state index contributed by atoms with van der Waals surface area (Å²) in [5.74, 6) is 1.52. The molecule has 0 aromatic carbocycles. The van der Waals surface area contributed by atoms with Crippen molar-refractivity contribution in [2.24, 2.45) is 76.7 Å². The Hall–Kier alpha value is -2.80. The highest BCUT2D eigenvalue weighted by Crippen LogP contribution is 2.49. The van der Waals surface area contributed by atoms with Crippen molar-refractivity contribution in [2.75, 3.05) is 14.1 Å². The first-order valence-electron chi connectivity index (χ1n) is 17.0. The van der Waals surface area contributed by atoms with Gasteiger partial charge < -0.3 is 10.5 Å². The zero-order valence-corrected chi connectivity index (χ0v) is 29.1. The molecular formula is C38H60N2O5. The van der Waals surface area contributed by atoms with Gasteiger partial charge in [0.15, 0.2) is 0 Å². The average molecular weight is 625 g/mol. The van der Waals surface area contributed by atoms with Gasteiger partial charge in [-0.25, -0.2) is 0 Å². The number of allylic oxidation sites excluding steroid dienone is 6. The fraction of sp³-hybridized carbons (Fsp3) is 0.684. The third-order valence-corrected chi connectivity index (χ3v) is 9.88. The first-order valence-corrected chi connectivity index (χ1v) is 17.0. The number of carbonyl (C=O) groups is 4. The van der Waals surface area contributed by atoms with Crippen molar-refractivity contribution in [3.05, 3.63) is 49.6 Å². The highest BCUT2D eigenvalue weighted by Gasteiger charge is 2.56. The zero-order valence-electron chi connectivity index (χ0n) is 29.1. The van der Waals surface area contributed by atoms with Gasteiger partial charge in [-0.3, -0.25) is 24.1 Å². The van der Waals surface area contributed by atoms with Crippen LogP contribution in [0, 0.1) is 71.0 Å². The molecule has 2 aliphatic heterocycles. The topological polar surface area (TPSA) is 107 Å². The van der Waals surface area contributed by atoms with E-state index in [0.29, 0.717) is 23.7 Å². The minimum atomic E-state index is -0.362. The first kappa shape index (κ1) is 38.4. The standard InChI is InChI=1S/C19H29NO2.C18H26O3.CH5N/c1-6-14-11-15(9-7-8-13(4)10-12(2)3)17-16(14)18(21)20(5)19(17)22;1-5-13-10-14(8-6-7-12(4)9-11(2)3)16-15(13)17(19)21-18(16)20;1-2/h6-7,9,12-17H,1,8,10-11H2,2-5H3;5-6,8,11-16H,1,7,9-10H2,2-4H3;2H2,1H3/b9-7+;8-6+;/t13?,14-,15+,16?,17-;12?,13-,14+,15?,16-;/m00./s1. The number of nitrogens with two attached hydrogens (primary N) is 1. The molecule has 2 saturated carbocycles. The molecule has 0 bridgehead atoms. The molecule has 4 fully saturated rings. The lowest BCUT2D eigenvalue weighted by molar-refractivity contribution is -0.155. The number of nitrogens with zero attached hydrogens (tertiary/aromatic N) is 1. The van der Waals surface area contributed by atoms with E-state index in [1.165, 1.54) is 24.8 Å². The van der Waals surface area contributed by atoms with Crippen LogP contribution in [-0.2, 0) is 23.9 Å². The van der Waals surface area contributed by atoms with Gasteiger partial charge in [0, 0.05) is 7.05 Å². The number of rotatable bonds is 12. The molecule has 0 aromatic rings. The highest BCUT2D eigenvalue weighted by atomic mass is 16.6. The normalized spacial score (nSPS) is 31.9. The molecule has 2 aliphatic carbocycles. The maximum Gasteiger partial charge on any atom is 0.318 e. The van der Waals surface area contributed by atoms with Crippen molar-refractivity contribution >= 4 is 23.8 Å². The second-order valence-corrected chi connectivity index (χ2v) is 14.5. The van der Waals surface area contributed by atoms with Gasteiger partial charge in [0.05, 0.1) is 23.7 Å². The first-order chi connectivity index (χ1) is 21.3. The Bertz CT molecular complexity index is 1110. The van der Waals surface area contributed by atoms with Gasteiger partial charge in [0.1, 0.15) is 0 Å². The number of hydrogen-bond acceptors (Lipinski definition) is 6. The Morgan fingerprint density at radius 3 is 1.44 bits per heavy atom. The van der Waals surface area contributed by atoms with Crippen LogP contribution in [-0.4, -0.2) is 42.7 Å². The van der Waals surface area contributed by atoms with Crippen LogP contribution in [0.2, 0.25) is 0 Å². The SMILES string of the molecule is C=C[C@H]1C[C@@H](/C=C/CC(C)CC(C)C)[C@@H]2C(=O)N(C)C(=O)C21.C=C[C@H]1C[C@@H](/C=C/CC(C)CC(C)C)[C@@H]2C(=O)OC(=O)C21.CN. The molecular weight excluding hydrogens is 564 g/mol. The van der Waals surface area contributed by atoms with E-state index in [9.17, 15) is 19.2 Å². The number of esters is 2. The lowest BCUT2D eigenvalue weighted by Crippen LogP contribution is -2.29. The molecule has 4 rings (SSSR count). The summed E-state index contributed by atoms with van der Waals surface area (Å²) in [7, 11) is 3.11. The van der Waals surface area contributed by atoms with Crippen LogP contribution in [0.15, 0.2) is 49.6 Å². The largest absolute Gasteiger partial charge is 0.393 e. The van der Waals surface area contributed by atoms with Crippen molar-refractivity contribution in [3.8, 4) is 0 Å². The Kier molecular flexibility index (Phi) is 15.2. The lowest BCUT2D eigenvalue weighted by Gasteiger charge is -2.15. The van der Waals surface area contributed by atoms with Gasteiger partial charge in [-0.05, 0) is 92.9 Å². The molecule has 252 valence electrons. The van der Waals surface area contributed by atoms with Crippen LogP contribution in [0.3, 0.4) is 0 Å². The van der Waals surface area contributed by atoms with E-state index in [1.54, 1.807) is 13.1 Å². The summed E-state index contributed by atoms with van der Waals surface area (Å²) < 4.78 is 4.81. The third kappa shape index (κ3) is 9.60. The van der Waals surface area contributed by atoms with Crippen molar-refractivity contribution in [2.45, 2.75) is 80.1 Å². The molecule has 7 heteroatoms. The number of ether oxygens (including phenoxy) is 1. The summed E-state index contributed by atoms with van der Waals surface area (Å²) in [6, 6.07) is 0. The van der Waals surface area contributed by atoms with Crippen molar-refractivity contribution in [3.63, 3.8) is 0 Å². The highest BCUT2D eigenvalue weighted by molar-refractivity contribution is 6.05. The monoisotopic (exact) mass is 624 g/mol. The zero-order chi connectivity index (χ0) is 34.0. The summed E-state index contributed by atoms with van der Waals surface area (Å²) in [6.45, 7) is 21.1. The number of likely N-dealkylation sites (tertiary alicyclic amines) is 1. The average Bonchev–Trinajstić information content (AvgIpc) is 3.68. The van der Waals surface area contributed by atoms with Gasteiger partial charge in [-0.1, -0.05) is 78.0 Å². The molecule has 45 heavy (non-hydrogen) atoms. The number of fused-ring (bicyclic) bond motifs is 2. The van der Waals surface area contributed by atoms with Crippen molar-refractivity contribution in [1.82, 2.24) is 4.90 Å². The number of carbonyl (C=O) groups excluding carboxylic acids is 4. The predicted molar refractivity (Wildman–Crippen MR) is 181 cm³/mol. The molecule has 7 nitrogen and oxygen atoms in total. The molecule has 2 N–H and O–H groups in total. The summed E-state index contributed by atoms with van der Waals surface area (Å²) in [5, 5.41) is 0. The molecule has 4 unspecified atom stereocenters. The Balaban J connectivity index is 0.000000297. The van der Waals surface area contributed by atoms with Crippen LogP contribution >= 0.6 is 0 Å². The van der Waals surface area contributed by atoms with Crippen LogP contribution < -0.4 is 5.73 Å². The fourth-order valence-corrected chi connectivity index (χ4v) is 8.04. The number of hydrogen-bond donors (Lipinski definition) is 1. The van der Waals surface area contributed by atoms with Gasteiger partial charge in [0.2, 0.25) is 11.8 Å². The maximum atomic E-state index is 12.3. The number of cyclic esters (lactones) is 2. The van der Waals surface area contributed by atoms with Crippen LogP contribution in [0.25, 0.3) is 0 Å². The van der Waals surface area contributed by atoms with Crippen molar-refractivity contribution in [1.29, 1.82) is 0 Å². The van der Waals surface area contributed by atoms with Gasteiger partial charge in [-0.2, -0.15) is 0 Å². The van der Waals surface area contributed by atoms with Crippen LogP contribution in [0.1, 0.15) is 80.1 Å².